The number of aromatic nitrogens is 1. The molecule has 2 atom stereocenters. The highest BCUT2D eigenvalue weighted by molar-refractivity contribution is 5.78. The molecule has 5 nitrogen and oxygen atoms in total. The fourth-order valence-electron chi connectivity index (χ4n) is 2.54. The molecule has 2 heterocycles. The van der Waals surface area contributed by atoms with Crippen molar-refractivity contribution in [1.29, 1.82) is 0 Å². The van der Waals surface area contributed by atoms with Crippen molar-refractivity contribution >= 4 is 5.91 Å². The number of amides is 1. The Morgan fingerprint density at radius 2 is 2.30 bits per heavy atom. The van der Waals surface area contributed by atoms with Gasteiger partial charge in [-0.15, -0.1) is 0 Å². The molecule has 0 radical (unpaired) electrons. The number of ether oxygens (including phenoxy) is 1. The molecule has 1 amide bonds. The lowest BCUT2D eigenvalue weighted by atomic mass is 9.92. The predicted octanol–water partition coefficient (Wildman–Crippen LogP) is 2.03. The van der Waals surface area contributed by atoms with E-state index < -0.39 is 12.8 Å². The maximum absolute atomic E-state index is 12.2. The van der Waals surface area contributed by atoms with Crippen LogP contribution >= 0.6 is 0 Å². The number of nitrogens with one attached hydrogen (secondary N) is 2. The molecular formula is C15H20F3N3O2. The second kappa shape index (κ2) is 7.63. The third-order valence-corrected chi connectivity index (χ3v) is 3.67. The zero-order chi connectivity index (χ0) is 16.9. The minimum Gasteiger partial charge on any atom is -0.468 e. The van der Waals surface area contributed by atoms with Crippen LogP contribution in [-0.2, 0) is 11.3 Å². The SMILES string of the molecule is C[C@H]1C[C@@H](C(=O)NCc2cccnc2OCC(F)(F)F)CCN1. The third kappa shape index (κ3) is 5.70. The van der Waals surface area contributed by atoms with Crippen molar-refractivity contribution in [2.75, 3.05) is 13.2 Å². The zero-order valence-corrected chi connectivity index (χ0v) is 12.8. The van der Waals surface area contributed by atoms with Gasteiger partial charge in [0, 0.05) is 30.3 Å². The number of hydrogen-bond acceptors (Lipinski definition) is 4. The summed E-state index contributed by atoms with van der Waals surface area (Å²) in [6, 6.07) is 3.46. The Morgan fingerprint density at radius 1 is 1.52 bits per heavy atom. The van der Waals surface area contributed by atoms with Gasteiger partial charge in [0.1, 0.15) is 0 Å². The first-order valence-corrected chi connectivity index (χ1v) is 7.49. The molecule has 8 heteroatoms. The minimum atomic E-state index is -4.43. The summed E-state index contributed by atoms with van der Waals surface area (Å²) in [5.41, 5.74) is 0.423. The number of alkyl halides is 3. The molecule has 0 aromatic carbocycles. The van der Waals surface area contributed by atoms with Gasteiger partial charge < -0.3 is 15.4 Å². The van der Waals surface area contributed by atoms with Crippen molar-refractivity contribution in [2.45, 2.75) is 38.5 Å². The monoisotopic (exact) mass is 331 g/mol. The van der Waals surface area contributed by atoms with Crippen LogP contribution in [0.2, 0.25) is 0 Å². The van der Waals surface area contributed by atoms with E-state index in [9.17, 15) is 18.0 Å². The van der Waals surface area contributed by atoms with Crippen molar-refractivity contribution in [3.05, 3.63) is 23.9 Å². The Bertz CT molecular complexity index is 537. The maximum Gasteiger partial charge on any atom is 0.422 e. The van der Waals surface area contributed by atoms with Crippen LogP contribution in [0.25, 0.3) is 0 Å². The Morgan fingerprint density at radius 3 is 3.00 bits per heavy atom. The van der Waals surface area contributed by atoms with Crippen LogP contribution in [-0.4, -0.2) is 36.3 Å². The molecule has 0 aliphatic carbocycles. The molecule has 2 rings (SSSR count). The summed E-state index contributed by atoms with van der Waals surface area (Å²) < 4.78 is 41.4. The Hall–Kier alpha value is -1.83. The number of halogens is 3. The van der Waals surface area contributed by atoms with E-state index in [1.807, 2.05) is 6.92 Å². The average Bonchev–Trinajstić information content (AvgIpc) is 2.50. The van der Waals surface area contributed by atoms with Gasteiger partial charge >= 0.3 is 6.18 Å². The molecule has 1 aromatic rings. The number of pyridine rings is 1. The van der Waals surface area contributed by atoms with E-state index in [2.05, 4.69) is 15.6 Å². The average molecular weight is 331 g/mol. The number of carbonyl (C=O) groups is 1. The first-order valence-electron chi connectivity index (χ1n) is 7.49. The van der Waals surface area contributed by atoms with Gasteiger partial charge in [-0.25, -0.2) is 4.98 Å². The van der Waals surface area contributed by atoms with Crippen molar-refractivity contribution < 1.29 is 22.7 Å². The molecule has 1 fully saturated rings. The van der Waals surface area contributed by atoms with E-state index in [-0.39, 0.29) is 30.3 Å². The van der Waals surface area contributed by atoms with Crippen LogP contribution < -0.4 is 15.4 Å². The van der Waals surface area contributed by atoms with Crippen LogP contribution in [0.4, 0.5) is 13.2 Å². The molecule has 1 aliphatic heterocycles. The highest BCUT2D eigenvalue weighted by Gasteiger charge is 2.29. The van der Waals surface area contributed by atoms with Gasteiger partial charge in [0.05, 0.1) is 0 Å². The number of rotatable bonds is 5. The van der Waals surface area contributed by atoms with E-state index in [0.717, 1.165) is 19.4 Å². The van der Waals surface area contributed by atoms with Crippen LogP contribution in [0.15, 0.2) is 18.3 Å². The fraction of sp³-hybridized carbons (Fsp3) is 0.600. The summed E-state index contributed by atoms with van der Waals surface area (Å²) in [5.74, 6) is -0.282. The van der Waals surface area contributed by atoms with E-state index in [1.165, 1.54) is 6.20 Å². The highest BCUT2D eigenvalue weighted by atomic mass is 19.4. The summed E-state index contributed by atoms with van der Waals surface area (Å²) in [5, 5.41) is 6.02. The lowest BCUT2D eigenvalue weighted by Gasteiger charge is -2.27. The van der Waals surface area contributed by atoms with E-state index >= 15 is 0 Å². The smallest absolute Gasteiger partial charge is 0.422 e. The molecule has 1 aromatic heterocycles. The van der Waals surface area contributed by atoms with Crippen molar-refractivity contribution in [2.24, 2.45) is 5.92 Å². The van der Waals surface area contributed by atoms with Gasteiger partial charge in [-0.2, -0.15) is 13.2 Å². The summed E-state index contributed by atoms with van der Waals surface area (Å²) >= 11 is 0. The van der Waals surface area contributed by atoms with Crippen LogP contribution in [0.3, 0.4) is 0 Å². The van der Waals surface area contributed by atoms with Crippen LogP contribution in [0, 0.1) is 5.92 Å². The molecule has 23 heavy (non-hydrogen) atoms. The second-order valence-corrected chi connectivity index (χ2v) is 5.67. The van der Waals surface area contributed by atoms with Crippen molar-refractivity contribution in [3.63, 3.8) is 0 Å². The number of hydrogen-bond donors (Lipinski definition) is 2. The molecule has 0 bridgehead atoms. The van der Waals surface area contributed by atoms with Gasteiger partial charge in [-0.1, -0.05) is 6.07 Å². The minimum absolute atomic E-state index is 0.0811. The highest BCUT2D eigenvalue weighted by Crippen LogP contribution is 2.20. The molecule has 2 N–H and O–H groups in total. The Kier molecular flexibility index (Phi) is 5.81. The number of carbonyl (C=O) groups excluding carboxylic acids is 1. The maximum atomic E-state index is 12.2. The molecule has 0 saturated carbocycles. The number of nitrogens with zero attached hydrogens (tertiary/aromatic N) is 1. The molecule has 128 valence electrons. The lowest BCUT2D eigenvalue weighted by Crippen LogP contribution is -2.42. The molecular weight excluding hydrogens is 311 g/mol. The Balaban J connectivity index is 1.91. The van der Waals surface area contributed by atoms with Crippen molar-refractivity contribution in [1.82, 2.24) is 15.6 Å². The molecule has 1 saturated heterocycles. The van der Waals surface area contributed by atoms with E-state index in [4.69, 9.17) is 4.74 Å². The predicted molar refractivity (Wildman–Crippen MR) is 77.8 cm³/mol. The van der Waals surface area contributed by atoms with Gasteiger partial charge in [0.2, 0.25) is 11.8 Å². The molecule has 1 aliphatic rings. The fourth-order valence-corrected chi connectivity index (χ4v) is 2.54. The zero-order valence-electron chi connectivity index (χ0n) is 12.8. The summed E-state index contributed by atoms with van der Waals surface area (Å²) in [4.78, 5) is 16.0. The van der Waals surface area contributed by atoms with Crippen molar-refractivity contribution in [3.8, 4) is 5.88 Å². The first-order chi connectivity index (χ1) is 10.8. The molecule has 0 unspecified atom stereocenters. The number of piperidine rings is 1. The van der Waals surface area contributed by atoms with Crippen LogP contribution in [0.1, 0.15) is 25.3 Å². The van der Waals surface area contributed by atoms with E-state index in [1.54, 1.807) is 12.1 Å². The first kappa shape index (κ1) is 17.5. The quantitative estimate of drug-likeness (QED) is 0.867. The third-order valence-electron chi connectivity index (χ3n) is 3.67. The Labute approximate surface area is 132 Å². The standard InChI is InChI=1S/C15H20F3N3O2/c1-10-7-11(4-6-19-10)13(22)21-8-12-3-2-5-20-14(12)23-9-15(16,17)18/h2-3,5,10-11,19H,4,6-9H2,1H3,(H,21,22)/t10-,11-/m0/s1. The molecule has 0 spiro atoms. The summed E-state index contributed by atoms with van der Waals surface area (Å²) in [6.45, 7) is 1.49. The topological polar surface area (TPSA) is 63.2 Å². The van der Waals surface area contributed by atoms with Gasteiger partial charge in [0.25, 0.3) is 0 Å². The van der Waals surface area contributed by atoms with E-state index in [0.29, 0.717) is 5.56 Å². The van der Waals surface area contributed by atoms with Gasteiger partial charge in [0.15, 0.2) is 6.61 Å². The summed E-state index contributed by atoms with van der Waals surface area (Å²) in [7, 11) is 0. The lowest BCUT2D eigenvalue weighted by molar-refractivity contribution is -0.154. The largest absolute Gasteiger partial charge is 0.468 e. The van der Waals surface area contributed by atoms with Gasteiger partial charge in [-0.05, 0) is 32.4 Å². The van der Waals surface area contributed by atoms with Crippen LogP contribution in [0.5, 0.6) is 5.88 Å². The summed E-state index contributed by atoms with van der Waals surface area (Å²) in [6.07, 6.45) is -1.58. The van der Waals surface area contributed by atoms with Gasteiger partial charge in [-0.3, -0.25) is 4.79 Å². The normalized spacial score (nSPS) is 21.7. The second-order valence-electron chi connectivity index (χ2n) is 5.67.